The van der Waals surface area contributed by atoms with E-state index in [1.165, 1.54) is 6.08 Å². The number of benzene rings is 2. The van der Waals surface area contributed by atoms with Gasteiger partial charge >= 0.3 is 0 Å². The van der Waals surface area contributed by atoms with Crippen LogP contribution in [0.4, 0.5) is 5.69 Å². The topological polar surface area (TPSA) is 67.4 Å². The van der Waals surface area contributed by atoms with Gasteiger partial charge in [0.2, 0.25) is 5.91 Å². The number of carbonyl (C=O) groups is 2. The Kier molecular flexibility index (Phi) is 7.86. The highest BCUT2D eigenvalue weighted by Crippen LogP contribution is 2.12. The van der Waals surface area contributed by atoms with Crippen molar-refractivity contribution in [2.45, 2.75) is 6.42 Å². The molecule has 0 bridgehead atoms. The van der Waals surface area contributed by atoms with Gasteiger partial charge in [0.15, 0.2) is 0 Å². The Labute approximate surface area is 158 Å². The predicted octanol–water partition coefficient (Wildman–Crippen LogP) is 3.76. The van der Waals surface area contributed by atoms with Crippen LogP contribution in [0.2, 0.25) is 5.02 Å². The summed E-state index contributed by atoms with van der Waals surface area (Å²) in [5.41, 5.74) is 1.91. The van der Waals surface area contributed by atoms with E-state index in [2.05, 4.69) is 10.6 Å². The zero-order chi connectivity index (χ0) is 18.8. The molecule has 2 N–H and O–H groups in total. The summed E-state index contributed by atoms with van der Waals surface area (Å²) in [5.74, 6) is -0.466. The quantitative estimate of drug-likeness (QED) is 0.547. The Morgan fingerprint density at radius 2 is 1.92 bits per heavy atom. The van der Waals surface area contributed by atoms with Crippen LogP contribution in [0.1, 0.15) is 22.3 Å². The van der Waals surface area contributed by atoms with Crippen LogP contribution in [0.3, 0.4) is 0 Å². The lowest BCUT2D eigenvalue weighted by atomic mass is 10.2. The Balaban J connectivity index is 1.91. The van der Waals surface area contributed by atoms with Crippen LogP contribution in [0.25, 0.3) is 6.08 Å². The van der Waals surface area contributed by atoms with E-state index in [9.17, 15) is 9.59 Å². The summed E-state index contributed by atoms with van der Waals surface area (Å²) in [6.07, 6.45) is 3.87. The number of nitrogens with one attached hydrogen (secondary N) is 2. The van der Waals surface area contributed by atoms with E-state index in [1.807, 2.05) is 12.1 Å². The Morgan fingerprint density at radius 1 is 1.15 bits per heavy atom. The lowest BCUT2D eigenvalue weighted by Crippen LogP contribution is -2.25. The molecule has 5 nitrogen and oxygen atoms in total. The van der Waals surface area contributed by atoms with Crippen LogP contribution >= 0.6 is 11.6 Å². The van der Waals surface area contributed by atoms with E-state index >= 15 is 0 Å². The number of methoxy groups -OCH3 is 1. The lowest BCUT2D eigenvalue weighted by Gasteiger charge is -2.07. The van der Waals surface area contributed by atoms with Gasteiger partial charge in [-0.05, 0) is 48.4 Å². The molecule has 0 unspecified atom stereocenters. The maximum Gasteiger partial charge on any atom is 0.251 e. The molecule has 0 aromatic heterocycles. The molecule has 0 aliphatic rings. The van der Waals surface area contributed by atoms with Crippen LogP contribution in [0, 0.1) is 0 Å². The first-order valence-electron chi connectivity index (χ1n) is 8.20. The van der Waals surface area contributed by atoms with Crippen molar-refractivity contribution in [1.29, 1.82) is 0 Å². The first kappa shape index (κ1) is 19.7. The van der Waals surface area contributed by atoms with Crippen molar-refractivity contribution in [2.24, 2.45) is 0 Å². The van der Waals surface area contributed by atoms with Gasteiger partial charge in [-0.25, -0.2) is 0 Å². The number of hydrogen-bond acceptors (Lipinski definition) is 3. The molecule has 0 aliphatic heterocycles. The summed E-state index contributed by atoms with van der Waals surface area (Å²) in [6.45, 7) is 1.13. The molecule has 6 heteroatoms. The summed E-state index contributed by atoms with van der Waals surface area (Å²) < 4.78 is 4.94. The molecular weight excluding hydrogens is 352 g/mol. The molecule has 2 aromatic rings. The number of amides is 2. The van der Waals surface area contributed by atoms with E-state index < -0.39 is 0 Å². The molecule has 0 aliphatic carbocycles. The van der Waals surface area contributed by atoms with Gasteiger partial charge in [0.1, 0.15) is 0 Å². The van der Waals surface area contributed by atoms with Gasteiger partial charge in [-0.3, -0.25) is 9.59 Å². The van der Waals surface area contributed by atoms with Crippen molar-refractivity contribution in [2.75, 3.05) is 25.6 Å². The molecule has 0 heterocycles. The molecule has 0 atom stereocenters. The van der Waals surface area contributed by atoms with E-state index in [4.69, 9.17) is 16.3 Å². The maximum atomic E-state index is 12.1. The van der Waals surface area contributed by atoms with Crippen molar-refractivity contribution in [1.82, 2.24) is 5.32 Å². The van der Waals surface area contributed by atoms with E-state index in [1.54, 1.807) is 49.6 Å². The minimum absolute atomic E-state index is 0.186. The van der Waals surface area contributed by atoms with Gasteiger partial charge in [-0.2, -0.15) is 0 Å². The molecule has 2 amide bonds. The highest BCUT2D eigenvalue weighted by molar-refractivity contribution is 6.30. The molecule has 2 rings (SSSR count). The Hall–Kier alpha value is -2.63. The summed E-state index contributed by atoms with van der Waals surface area (Å²) in [5, 5.41) is 6.20. The van der Waals surface area contributed by atoms with Crippen LogP contribution in [-0.2, 0) is 9.53 Å². The number of carbonyl (C=O) groups excluding carboxylic acids is 2. The zero-order valence-electron chi connectivity index (χ0n) is 14.5. The van der Waals surface area contributed by atoms with Gasteiger partial charge < -0.3 is 15.4 Å². The highest BCUT2D eigenvalue weighted by Gasteiger charge is 2.06. The van der Waals surface area contributed by atoms with Crippen molar-refractivity contribution < 1.29 is 14.3 Å². The van der Waals surface area contributed by atoms with Crippen molar-refractivity contribution in [3.63, 3.8) is 0 Å². The fourth-order valence-corrected chi connectivity index (χ4v) is 2.31. The van der Waals surface area contributed by atoms with Crippen molar-refractivity contribution in [3.05, 3.63) is 70.8 Å². The molecule has 2 aromatic carbocycles. The van der Waals surface area contributed by atoms with Crippen LogP contribution in [-0.4, -0.2) is 32.1 Å². The minimum atomic E-state index is -0.280. The number of halogens is 1. The van der Waals surface area contributed by atoms with Crippen LogP contribution in [0.15, 0.2) is 54.6 Å². The van der Waals surface area contributed by atoms with E-state index in [0.717, 1.165) is 12.0 Å². The van der Waals surface area contributed by atoms with Gasteiger partial charge in [0.25, 0.3) is 5.91 Å². The average Bonchev–Trinajstić information content (AvgIpc) is 2.65. The van der Waals surface area contributed by atoms with Gasteiger partial charge in [-0.15, -0.1) is 0 Å². The normalized spacial score (nSPS) is 10.7. The summed E-state index contributed by atoms with van der Waals surface area (Å²) in [4.78, 5) is 24.1. The fraction of sp³-hybridized carbons (Fsp3) is 0.200. The minimum Gasteiger partial charge on any atom is -0.385 e. The third-order valence-corrected chi connectivity index (χ3v) is 3.75. The summed E-state index contributed by atoms with van der Waals surface area (Å²) >= 11 is 5.83. The molecule has 0 fully saturated rings. The molecule has 0 saturated carbocycles. The average molecular weight is 373 g/mol. The molecular formula is C20H21ClN2O3. The highest BCUT2D eigenvalue weighted by atomic mass is 35.5. The van der Waals surface area contributed by atoms with E-state index in [-0.39, 0.29) is 11.8 Å². The number of rotatable bonds is 8. The lowest BCUT2D eigenvalue weighted by molar-refractivity contribution is -0.111. The van der Waals surface area contributed by atoms with E-state index in [0.29, 0.717) is 29.4 Å². The standard InChI is InChI=1S/C20H21ClN2O3/c1-26-13-3-12-22-20(25)16-4-2-5-18(14-16)23-19(24)11-8-15-6-9-17(21)10-7-15/h2,4-11,14H,3,12-13H2,1H3,(H,22,25)(H,23,24)/b11-8+. The smallest absolute Gasteiger partial charge is 0.251 e. The molecule has 0 spiro atoms. The van der Waals surface area contributed by atoms with Gasteiger partial charge in [-0.1, -0.05) is 29.8 Å². The number of ether oxygens (including phenoxy) is 1. The third-order valence-electron chi connectivity index (χ3n) is 3.50. The maximum absolute atomic E-state index is 12.1. The predicted molar refractivity (Wildman–Crippen MR) is 104 cm³/mol. The summed E-state index contributed by atoms with van der Waals surface area (Å²) in [7, 11) is 1.62. The molecule has 136 valence electrons. The molecule has 0 saturated heterocycles. The zero-order valence-corrected chi connectivity index (χ0v) is 15.3. The summed E-state index contributed by atoms with van der Waals surface area (Å²) in [6, 6.07) is 14.0. The van der Waals surface area contributed by atoms with Gasteiger partial charge in [0.05, 0.1) is 0 Å². The first-order valence-corrected chi connectivity index (χ1v) is 8.58. The Morgan fingerprint density at radius 3 is 2.65 bits per heavy atom. The fourth-order valence-electron chi connectivity index (χ4n) is 2.19. The molecule has 0 radical (unpaired) electrons. The first-order chi connectivity index (χ1) is 12.6. The number of hydrogen-bond donors (Lipinski definition) is 2. The monoisotopic (exact) mass is 372 g/mol. The van der Waals surface area contributed by atoms with Crippen LogP contribution in [0.5, 0.6) is 0 Å². The second-order valence-electron chi connectivity index (χ2n) is 5.56. The van der Waals surface area contributed by atoms with Gasteiger partial charge in [0, 0.05) is 42.6 Å². The van der Waals surface area contributed by atoms with Crippen molar-refractivity contribution >= 4 is 35.2 Å². The third kappa shape index (κ3) is 6.70. The SMILES string of the molecule is COCCCNC(=O)c1cccc(NC(=O)/C=C/c2ccc(Cl)cc2)c1. The second kappa shape index (κ2) is 10.4. The molecule has 26 heavy (non-hydrogen) atoms. The number of anilines is 1. The van der Waals surface area contributed by atoms with Crippen LogP contribution < -0.4 is 10.6 Å². The van der Waals surface area contributed by atoms with Crippen molar-refractivity contribution in [3.8, 4) is 0 Å². The largest absolute Gasteiger partial charge is 0.385 e. The Bertz CT molecular complexity index is 773. The second-order valence-corrected chi connectivity index (χ2v) is 5.99.